The van der Waals surface area contributed by atoms with Crippen molar-refractivity contribution in [1.29, 1.82) is 0 Å². The number of nitrogens with two attached hydrogens (primary N) is 1. The van der Waals surface area contributed by atoms with E-state index in [1.807, 2.05) is 17.5 Å². The molecule has 12 nitrogen and oxygen atoms in total. The van der Waals surface area contributed by atoms with Gasteiger partial charge in [0.25, 0.3) is 11.8 Å². The summed E-state index contributed by atoms with van der Waals surface area (Å²) in [6.07, 6.45) is 3.17. The predicted octanol–water partition coefficient (Wildman–Crippen LogP) is 2.07. The molecule has 36 heavy (non-hydrogen) atoms. The number of thiazole rings is 1. The van der Waals surface area contributed by atoms with Crippen LogP contribution in [0.25, 0.3) is 16.6 Å². The van der Waals surface area contributed by atoms with Crippen molar-refractivity contribution in [3.05, 3.63) is 57.8 Å². The number of amides is 2. The van der Waals surface area contributed by atoms with Crippen LogP contribution in [0.1, 0.15) is 11.5 Å². The summed E-state index contributed by atoms with van der Waals surface area (Å²) in [5.74, 6) is -2.00. The smallest absolute Gasteiger partial charge is 0.352 e. The largest absolute Gasteiger partial charge is 0.477 e. The fourth-order valence-electron chi connectivity index (χ4n) is 3.68. The molecule has 5 N–H and O–H groups in total. The number of hydrogen-bond acceptors (Lipinski definition) is 12. The van der Waals surface area contributed by atoms with Crippen molar-refractivity contribution in [3.8, 4) is 10.6 Å². The number of β-lactam (4-membered cyclic amide) rings is 1. The van der Waals surface area contributed by atoms with Gasteiger partial charge < -0.3 is 25.9 Å². The molecule has 2 amide bonds. The van der Waals surface area contributed by atoms with Gasteiger partial charge in [-0.25, -0.2) is 9.78 Å². The van der Waals surface area contributed by atoms with Crippen LogP contribution in [0.4, 0.5) is 5.13 Å². The van der Waals surface area contributed by atoms with Gasteiger partial charge in [0, 0.05) is 17.2 Å². The summed E-state index contributed by atoms with van der Waals surface area (Å²) < 4.78 is 5.31. The molecule has 2 aliphatic heterocycles. The fraction of sp³-hybridized carbons (Fsp3) is 0.143. The molecular formula is C21H16N6O6S3. The highest BCUT2D eigenvalue weighted by Crippen LogP contribution is 2.41. The molecule has 5 rings (SSSR count). The standard InChI is InChI=1S/C21H16N6O6S3/c22-21-23-12(8-36-21)14(25-32)17(28)24-15-18(29)27-16(20(30)31)9(7-35-19(15)27)3-4-10-6-11(26-33-10)13-2-1-5-34-13/h1-6,8,15,19,32H,7H2,(H2,22,23)(H,24,28)(H,30,31)/b4-3-,25-14-/t15-,19-/m1/s1. The third kappa shape index (κ3) is 4.27. The number of thioether (sulfide) groups is 1. The molecule has 0 radical (unpaired) electrons. The molecule has 0 saturated carbocycles. The highest BCUT2D eigenvalue weighted by Gasteiger charge is 2.54. The Labute approximate surface area is 214 Å². The summed E-state index contributed by atoms with van der Waals surface area (Å²) in [5, 5.41) is 31.5. The van der Waals surface area contributed by atoms with Gasteiger partial charge in [-0.05, 0) is 23.1 Å². The second kappa shape index (κ2) is 9.60. The van der Waals surface area contributed by atoms with E-state index in [9.17, 15) is 24.7 Å². The van der Waals surface area contributed by atoms with E-state index < -0.39 is 34.9 Å². The average Bonchev–Trinajstić information content (AvgIpc) is 3.63. The Bertz CT molecular complexity index is 1440. The summed E-state index contributed by atoms with van der Waals surface area (Å²) in [4.78, 5) is 43.5. The van der Waals surface area contributed by atoms with E-state index in [-0.39, 0.29) is 22.3 Å². The van der Waals surface area contributed by atoms with E-state index in [0.717, 1.165) is 21.1 Å². The van der Waals surface area contributed by atoms with Crippen molar-refractivity contribution < 1.29 is 29.2 Å². The van der Waals surface area contributed by atoms with Crippen LogP contribution < -0.4 is 11.1 Å². The molecule has 0 bridgehead atoms. The predicted molar refractivity (Wildman–Crippen MR) is 133 cm³/mol. The molecule has 2 aliphatic rings. The number of nitrogen functional groups attached to an aromatic ring is 1. The number of nitrogens with zero attached hydrogens (tertiary/aromatic N) is 4. The highest BCUT2D eigenvalue weighted by molar-refractivity contribution is 8.00. The Balaban J connectivity index is 1.32. The summed E-state index contributed by atoms with van der Waals surface area (Å²) in [6, 6.07) is 4.54. The molecule has 5 heterocycles. The molecule has 0 unspecified atom stereocenters. The van der Waals surface area contributed by atoms with Gasteiger partial charge in [0.15, 0.2) is 16.6 Å². The molecular weight excluding hydrogens is 528 g/mol. The molecule has 1 saturated heterocycles. The number of fused-ring (bicyclic) bond motifs is 1. The first-order chi connectivity index (χ1) is 17.4. The van der Waals surface area contributed by atoms with E-state index in [1.54, 1.807) is 18.2 Å². The highest BCUT2D eigenvalue weighted by atomic mass is 32.2. The van der Waals surface area contributed by atoms with Gasteiger partial charge in [0.05, 0.1) is 4.88 Å². The maximum atomic E-state index is 12.9. The summed E-state index contributed by atoms with van der Waals surface area (Å²) >= 11 is 3.86. The number of aliphatic carboxylic acids is 1. The molecule has 2 atom stereocenters. The molecule has 184 valence electrons. The minimum atomic E-state index is -1.27. The van der Waals surface area contributed by atoms with Crippen molar-refractivity contribution >= 4 is 69.1 Å². The second-order valence-electron chi connectivity index (χ2n) is 7.48. The van der Waals surface area contributed by atoms with Gasteiger partial charge in [-0.1, -0.05) is 22.5 Å². The van der Waals surface area contributed by atoms with Crippen LogP contribution >= 0.6 is 34.4 Å². The number of oxime groups is 1. The van der Waals surface area contributed by atoms with Crippen LogP contribution in [0.15, 0.2) is 56.0 Å². The van der Waals surface area contributed by atoms with Gasteiger partial charge in [0.1, 0.15) is 28.5 Å². The fourth-order valence-corrected chi connectivity index (χ4v) is 6.23. The molecule has 1 fully saturated rings. The zero-order chi connectivity index (χ0) is 25.4. The first kappa shape index (κ1) is 23.8. The third-order valence-corrected chi connectivity index (χ3v) is 8.19. The molecule has 3 aromatic rings. The lowest BCUT2D eigenvalue weighted by atomic mass is 10.0. The van der Waals surface area contributed by atoms with Gasteiger partial charge in [-0.3, -0.25) is 14.5 Å². The number of carbonyl (C=O) groups is 3. The van der Waals surface area contributed by atoms with E-state index >= 15 is 0 Å². The Morgan fingerprint density at radius 1 is 1.33 bits per heavy atom. The van der Waals surface area contributed by atoms with Gasteiger partial charge in [0.2, 0.25) is 0 Å². The van der Waals surface area contributed by atoms with E-state index in [0.29, 0.717) is 17.0 Å². The SMILES string of the molecule is Nc1nc(/C(=N/O)C(=O)N[C@@H]2C(=O)N3C(C(=O)O)=C(/C=C\c4cc(-c5cccs5)no4)CS[C@H]23)cs1. The Kier molecular flexibility index (Phi) is 6.34. The summed E-state index contributed by atoms with van der Waals surface area (Å²) in [6.45, 7) is 0. The number of nitrogens with one attached hydrogen (secondary N) is 1. The van der Waals surface area contributed by atoms with Crippen molar-refractivity contribution in [2.45, 2.75) is 11.4 Å². The number of allylic oxidation sites excluding steroid dienone is 1. The molecule has 3 aromatic heterocycles. The minimum absolute atomic E-state index is 0.0608. The van der Waals surface area contributed by atoms with E-state index in [4.69, 9.17) is 10.3 Å². The zero-order valence-electron chi connectivity index (χ0n) is 18.0. The quantitative estimate of drug-likeness (QED) is 0.149. The Hall–Kier alpha value is -3.95. The van der Waals surface area contributed by atoms with E-state index in [1.165, 1.54) is 28.5 Å². The third-order valence-electron chi connectivity index (χ3n) is 5.32. The van der Waals surface area contributed by atoms with Crippen LogP contribution in [0.5, 0.6) is 0 Å². The van der Waals surface area contributed by atoms with Gasteiger partial charge in [-0.15, -0.1) is 34.4 Å². The molecule has 0 aliphatic carbocycles. The van der Waals surface area contributed by atoms with Crippen LogP contribution in [0.3, 0.4) is 0 Å². The average molecular weight is 545 g/mol. The number of carboxylic acids is 1. The number of rotatable bonds is 7. The Morgan fingerprint density at radius 3 is 2.83 bits per heavy atom. The van der Waals surface area contributed by atoms with Gasteiger partial charge in [-0.2, -0.15) is 0 Å². The van der Waals surface area contributed by atoms with Crippen molar-refractivity contribution in [2.75, 3.05) is 11.5 Å². The minimum Gasteiger partial charge on any atom is -0.477 e. The van der Waals surface area contributed by atoms with Crippen molar-refractivity contribution in [1.82, 2.24) is 20.4 Å². The lowest BCUT2D eigenvalue weighted by molar-refractivity contribution is -0.150. The maximum Gasteiger partial charge on any atom is 0.352 e. The molecule has 15 heteroatoms. The normalized spacial score (nSPS) is 19.9. The number of aromatic nitrogens is 2. The zero-order valence-corrected chi connectivity index (χ0v) is 20.5. The lowest BCUT2D eigenvalue weighted by Crippen LogP contribution is -2.71. The monoisotopic (exact) mass is 544 g/mol. The first-order valence-corrected chi connectivity index (χ1v) is 13.0. The molecule has 0 spiro atoms. The van der Waals surface area contributed by atoms with Crippen molar-refractivity contribution in [3.63, 3.8) is 0 Å². The summed E-state index contributed by atoms with van der Waals surface area (Å²) in [7, 11) is 0. The molecule has 0 aromatic carbocycles. The van der Waals surface area contributed by atoms with E-state index in [2.05, 4.69) is 20.6 Å². The number of carbonyl (C=O) groups excluding carboxylic acids is 2. The number of thiophene rings is 1. The summed E-state index contributed by atoms with van der Waals surface area (Å²) in [5.41, 5.74) is 6.12. The lowest BCUT2D eigenvalue weighted by Gasteiger charge is -2.49. The Morgan fingerprint density at radius 2 is 2.17 bits per heavy atom. The van der Waals surface area contributed by atoms with Gasteiger partial charge >= 0.3 is 5.97 Å². The van der Waals surface area contributed by atoms with Crippen LogP contribution in [0, 0.1) is 0 Å². The van der Waals surface area contributed by atoms with Crippen LogP contribution in [-0.4, -0.2) is 66.0 Å². The maximum absolute atomic E-state index is 12.9. The second-order valence-corrected chi connectivity index (χ2v) is 10.4. The van der Waals surface area contributed by atoms with Crippen LogP contribution in [-0.2, 0) is 14.4 Å². The van der Waals surface area contributed by atoms with Crippen molar-refractivity contribution in [2.24, 2.45) is 5.16 Å². The van der Waals surface area contributed by atoms with Crippen LogP contribution in [0.2, 0.25) is 0 Å². The number of anilines is 1. The topological polar surface area (TPSA) is 184 Å². The first-order valence-electron chi connectivity index (χ1n) is 10.2. The number of hydrogen-bond donors (Lipinski definition) is 4. The number of carboxylic acid groups (broad SMARTS) is 1.